The van der Waals surface area contributed by atoms with Crippen LogP contribution in [-0.4, -0.2) is 42.7 Å². The Morgan fingerprint density at radius 2 is 2.00 bits per heavy atom. The van der Waals surface area contributed by atoms with Crippen molar-refractivity contribution in [1.29, 1.82) is 0 Å². The SMILES string of the molecule is CCNc1ccc(C(=O)N(C)CCO)cc1. The summed E-state index contributed by atoms with van der Waals surface area (Å²) in [5, 5.41) is 11.9. The van der Waals surface area contributed by atoms with E-state index in [1.54, 1.807) is 19.2 Å². The van der Waals surface area contributed by atoms with E-state index in [1.165, 1.54) is 4.90 Å². The number of aliphatic hydroxyl groups is 1. The summed E-state index contributed by atoms with van der Waals surface area (Å²) in [5.41, 5.74) is 1.64. The van der Waals surface area contributed by atoms with Crippen LogP contribution in [-0.2, 0) is 0 Å². The molecule has 0 saturated heterocycles. The number of likely N-dealkylation sites (N-methyl/N-ethyl adjacent to an activating group) is 1. The van der Waals surface area contributed by atoms with Gasteiger partial charge in [0.25, 0.3) is 5.91 Å². The number of benzene rings is 1. The van der Waals surface area contributed by atoms with Gasteiger partial charge in [0.15, 0.2) is 0 Å². The number of rotatable bonds is 5. The summed E-state index contributed by atoms with van der Waals surface area (Å²) in [6, 6.07) is 7.33. The second-order valence-corrected chi connectivity index (χ2v) is 3.56. The molecule has 0 unspecified atom stereocenters. The molecule has 0 fully saturated rings. The van der Waals surface area contributed by atoms with Crippen molar-refractivity contribution in [2.75, 3.05) is 32.1 Å². The number of amides is 1. The van der Waals surface area contributed by atoms with Crippen molar-refractivity contribution in [3.05, 3.63) is 29.8 Å². The van der Waals surface area contributed by atoms with Gasteiger partial charge >= 0.3 is 0 Å². The summed E-state index contributed by atoms with van der Waals surface area (Å²) in [6.45, 7) is 3.22. The average Bonchev–Trinajstić information content (AvgIpc) is 2.30. The first-order chi connectivity index (χ1) is 7.69. The molecule has 0 atom stereocenters. The summed E-state index contributed by atoms with van der Waals surface area (Å²) in [5.74, 6) is -0.0721. The maximum Gasteiger partial charge on any atom is 0.253 e. The monoisotopic (exact) mass is 222 g/mol. The van der Waals surface area contributed by atoms with E-state index in [4.69, 9.17) is 5.11 Å². The highest BCUT2D eigenvalue weighted by atomic mass is 16.3. The second kappa shape index (κ2) is 6.12. The van der Waals surface area contributed by atoms with Crippen molar-refractivity contribution in [2.24, 2.45) is 0 Å². The van der Waals surface area contributed by atoms with Crippen LogP contribution in [0.5, 0.6) is 0 Å². The summed E-state index contributed by atoms with van der Waals surface area (Å²) in [7, 11) is 1.68. The highest BCUT2D eigenvalue weighted by Crippen LogP contribution is 2.10. The minimum absolute atomic E-state index is 0.0162. The Kier molecular flexibility index (Phi) is 4.79. The van der Waals surface area contributed by atoms with E-state index in [2.05, 4.69) is 5.32 Å². The third-order valence-corrected chi connectivity index (χ3v) is 2.29. The van der Waals surface area contributed by atoms with Gasteiger partial charge in [-0.05, 0) is 31.2 Å². The molecule has 0 aliphatic carbocycles. The van der Waals surface area contributed by atoms with Crippen molar-refractivity contribution in [3.8, 4) is 0 Å². The van der Waals surface area contributed by atoms with Crippen LogP contribution in [0.4, 0.5) is 5.69 Å². The summed E-state index contributed by atoms with van der Waals surface area (Å²) in [4.78, 5) is 13.3. The fourth-order valence-corrected chi connectivity index (χ4v) is 1.41. The number of aliphatic hydroxyl groups excluding tert-OH is 1. The van der Waals surface area contributed by atoms with E-state index in [9.17, 15) is 4.79 Å². The van der Waals surface area contributed by atoms with Crippen LogP contribution >= 0.6 is 0 Å². The lowest BCUT2D eigenvalue weighted by atomic mass is 10.2. The van der Waals surface area contributed by atoms with Crippen LogP contribution in [0.15, 0.2) is 24.3 Å². The zero-order valence-electron chi connectivity index (χ0n) is 9.73. The summed E-state index contributed by atoms with van der Waals surface area (Å²) >= 11 is 0. The Labute approximate surface area is 95.9 Å². The first kappa shape index (κ1) is 12.5. The highest BCUT2D eigenvalue weighted by molar-refractivity contribution is 5.94. The predicted octanol–water partition coefficient (Wildman–Crippen LogP) is 1.18. The molecule has 4 heteroatoms. The minimum Gasteiger partial charge on any atom is -0.395 e. The van der Waals surface area contributed by atoms with E-state index in [0.717, 1.165) is 12.2 Å². The largest absolute Gasteiger partial charge is 0.395 e. The number of carbonyl (C=O) groups is 1. The van der Waals surface area contributed by atoms with Gasteiger partial charge in [-0.1, -0.05) is 0 Å². The van der Waals surface area contributed by atoms with Crippen LogP contribution in [0.3, 0.4) is 0 Å². The number of nitrogens with one attached hydrogen (secondary N) is 1. The van der Waals surface area contributed by atoms with Crippen LogP contribution in [0, 0.1) is 0 Å². The molecule has 0 radical (unpaired) electrons. The number of anilines is 1. The number of nitrogens with zero attached hydrogens (tertiary/aromatic N) is 1. The molecular formula is C12H18N2O2. The van der Waals surface area contributed by atoms with E-state index in [1.807, 2.05) is 19.1 Å². The van der Waals surface area contributed by atoms with Gasteiger partial charge in [-0.3, -0.25) is 4.79 Å². The van der Waals surface area contributed by atoms with Gasteiger partial charge in [0.1, 0.15) is 0 Å². The van der Waals surface area contributed by atoms with E-state index >= 15 is 0 Å². The van der Waals surface area contributed by atoms with Gasteiger partial charge in [0.05, 0.1) is 6.61 Å². The average molecular weight is 222 g/mol. The van der Waals surface area contributed by atoms with Crippen LogP contribution in [0.25, 0.3) is 0 Å². The Morgan fingerprint density at radius 3 is 2.50 bits per heavy atom. The molecular weight excluding hydrogens is 204 g/mol. The molecule has 88 valence electrons. The Hall–Kier alpha value is -1.55. The lowest BCUT2D eigenvalue weighted by Crippen LogP contribution is -2.29. The Morgan fingerprint density at radius 1 is 1.38 bits per heavy atom. The van der Waals surface area contributed by atoms with Crippen molar-refractivity contribution < 1.29 is 9.90 Å². The Balaban J connectivity index is 2.69. The normalized spacial score (nSPS) is 9.94. The standard InChI is InChI=1S/C12H18N2O2/c1-3-13-11-6-4-10(5-7-11)12(16)14(2)8-9-15/h4-7,13,15H,3,8-9H2,1-2H3. The molecule has 1 aromatic carbocycles. The van der Waals surface area contributed by atoms with Crippen molar-refractivity contribution >= 4 is 11.6 Å². The molecule has 4 nitrogen and oxygen atoms in total. The van der Waals surface area contributed by atoms with Gasteiger partial charge in [0.2, 0.25) is 0 Å². The van der Waals surface area contributed by atoms with Gasteiger partial charge in [-0.15, -0.1) is 0 Å². The first-order valence-electron chi connectivity index (χ1n) is 5.39. The molecule has 0 aliphatic rings. The summed E-state index contributed by atoms with van der Waals surface area (Å²) in [6.07, 6.45) is 0. The Bertz CT molecular complexity index is 335. The maximum atomic E-state index is 11.8. The number of hydrogen-bond donors (Lipinski definition) is 2. The molecule has 0 aromatic heterocycles. The smallest absolute Gasteiger partial charge is 0.253 e. The molecule has 0 aliphatic heterocycles. The zero-order valence-corrected chi connectivity index (χ0v) is 9.73. The molecule has 0 spiro atoms. The van der Waals surface area contributed by atoms with E-state index in [-0.39, 0.29) is 12.5 Å². The number of carbonyl (C=O) groups excluding carboxylic acids is 1. The minimum atomic E-state index is -0.0721. The van der Waals surface area contributed by atoms with Crippen LogP contribution in [0.1, 0.15) is 17.3 Å². The van der Waals surface area contributed by atoms with Gasteiger partial charge in [-0.2, -0.15) is 0 Å². The fourth-order valence-electron chi connectivity index (χ4n) is 1.41. The lowest BCUT2D eigenvalue weighted by molar-refractivity contribution is 0.0767. The third-order valence-electron chi connectivity index (χ3n) is 2.29. The van der Waals surface area contributed by atoms with Crippen molar-refractivity contribution in [1.82, 2.24) is 4.90 Å². The third kappa shape index (κ3) is 3.24. The van der Waals surface area contributed by atoms with Crippen molar-refractivity contribution in [3.63, 3.8) is 0 Å². The summed E-state index contributed by atoms with van der Waals surface area (Å²) < 4.78 is 0. The van der Waals surface area contributed by atoms with E-state index < -0.39 is 0 Å². The fraction of sp³-hybridized carbons (Fsp3) is 0.417. The van der Waals surface area contributed by atoms with Crippen LogP contribution < -0.4 is 5.32 Å². The lowest BCUT2D eigenvalue weighted by Gasteiger charge is -2.15. The molecule has 0 saturated carbocycles. The van der Waals surface area contributed by atoms with Gasteiger partial charge in [0, 0.05) is 31.4 Å². The first-order valence-corrected chi connectivity index (χ1v) is 5.39. The van der Waals surface area contributed by atoms with Gasteiger partial charge < -0.3 is 15.3 Å². The maximum absolute atomic E-state index is 11.8. The second-order valence-electron chi connectivity index (χ2n) is 3.56. The molecule has 2 N–H and O–H groups in total. The molecule has 1 aromatic rings. The molecule has 1 amide bonds. The molecule has 0 bridgehead atoms. The van der Waals surface area contributed by atoms with Gasteiger partial charge in [-0.25, -0.2) is 0 Å². The zero-order chi connectivity index (χ0) is 12.0. The number of hydrogen-bond acceptors (Lipinski definition) is 3. The molecule has 16 heavy (non-hydrogen) atoms. The van der Waals surface area contributed by atoms with E-state index in [0.29, 0.717) is 12.1 Å². The topological polar surface area (TPSA) is 52.6 Å². The molecule has 1 rings (SSSR count). The highest BCUT2D eigenvalue weighted by Gasteiger charge is 2.10. The van der Waals surface area contributed by atoms with Crippen molar-refractivity contribution in [2.45, 2.75) is 6.92 Å². The quantitative estimate of drug-likeness (QED) is 0.786. The van der Waals surface area contributed by atoms with Crippen LogP contribution in [0.2, 0.25) is 0 Å². The predicted molar refractivity (Wildman–Crippen MR) is 64.7 cm³/mol. The molecule has 0 heterocycles.